The SMILES string of the molecule is O=C(O)C(NC(=O)N1CCn2ccnc2C1)c1cccs1. The third kappa shape index (κ3) is 2.75. The number of hydrogen-bond donors (Lipinski definition) is 2. The summed E-state index contributed by atoms with van der Waals surface area (Å²) in [5.41, 5.74) is 0. The molecule has 2 aromatic rings. The molecule has 0 aliphatic carbocycles. The van der Waals surface area contributed by atoms with Crippen LogP contribution in [0.5, 0.6) is 0 Å². The molecular formula is C13H14N4O3S. The maximum absolute atomic E-state index is 12.3. The smallest absolute Gasteiger partial charge is 0.331 e. The number of nitrogens with one attached hydrogen (secondary N) is 1. The van der Waals surface area contributed by atoms with E-state index in [0.29, 0.717) is 24.5 Å². The van der Waals surface area contributed by atoms with Gasteiger partial charge in [-0.05, 0) is 11.4 Å². The molecule has 0 saturated carbocycles. The van der Waals surface area contributed by atoms with Crippen LogP contribution in [-0.2, 0) is 17.9 Å². The second-order valence-corrected chi connectivity index (χ2v) is 5.67. The van der Waals surface area contributed by atoms with Crippen LogP contribution in [0.4, 0.5) is 4.79 Å². The number of carbonyl (C=O) groups excluding carboxylic acids is 1. The summed E-state index contributed by atoms with van der Waals surface area (Å²) in [7, 11) is 0. The lowest BCUT2D eigenvalue weighted by Crippen LogP contribution is -2.46. The quantitative estimate of drug-likeness (QED) is 0.894. The fourth-order valence-corrected chi connectivity index (χ4v) is 3.04. The fraction of sp³-hybridized carbons (Fsp3) is 0.308. The second kappa shape index (κ2) is 5.57. The number of rotatable bonds is 3. The highest BCUT2D eigenvalue weighted by Crippen LogP contribution is 2.20. The van der Waals surface area contributed by atoms with Gasteiger partial charge in [0.2, 0.25) is 0 Å². The summed E-state index contributed by atoms with van der Waals surface area (Å²) in [5, 5.41) is 13.6. The van der Waals surface area contributed by atoms with Crippen molar-refractivity contribution in [2.24, 2.45) is 0 Å². The van der Waals surface area contributed by atoms with E-state index in [1.54, 1.807) is 28.6 Å². The zero-order valence-electron chi connectivity index (χ0n) is 11.1. The van der Waals surface area contributed by atoms with Gasteiger partial charge in [-0.2, -0.15) is 0 Å². The first kappa shape index (κ1) is 13.6. The number of urea groups is 1. The van der Waals surface area contributed by atoms with Crippen molar-refractivity contribution in [3.63, 3.8) is 0 Å². The minimum atomic E-state index is -1.07. The molecule has 2 amide bonds. The Balaban J connectivity index is 1.70. The highest BCUT2D eigenvalue weighted by atomic mass is 32.1. The Morgan fingerprint density at radius 1 is 1.43 bits per heavy atom. The van der Waals surface area contributed by atoms with Crippen LogP contribution >= 0.6 is 11.3 Å². The van der Waals surface area contributed by atoms with Crippen LogP contribution in [-0.4, -0.2) is 38.1 Å². The van der Waals surface area contributed by atoms with E-state index in [-0.39, 0.29) is 6.03 Å². The first-order valence-electron chi connectivity index (χ1n) is 6.47. The van der Waals surface area contributed by atoms with Crippen molar-refractivity contribution < 1.29 is 14.7 Å². The molecule has 1 atom stereocenters. The number of thiophene rings is 1. The van der Waals surface area contributed by atoms with Crippen LogP contribution in [0.3, 0.4) is 0 Å². The standard InChI is InChI=1S/C13H14N4O3S/c18-12(19)11(9-2-1-7-21-9)15-13(20)17-6-5-16-4-3-14-10(16)8-17/h1-4,7,11H,5-6,8H2,(H,15,20)(H,18,19). The normalized spacial score (nSPS) is 15.3. The van der Waals surface area contributed by atoms with Gasteiger partial charge in [0.25, 0.3) is 0 Å². The summed E-state index contributed by atoms with van der Waals surface area (Å²) in [6.45, 7) is 1.58. The average Bonchev–Trinajstić information content (AvgIpc) is 3.14. The first-order chi connectivity index (χ1) is 10.1. The van der Waals surface area contributed by atoms with Crippen LogP contribution in [0.25, 0.3) is 0 Å². The van der Waals surface area contributed by atoms with Crippen LogP contribution in [0, 0.1) is 0 Å². The lowest BCUT2D eigenvalue weighted by Gasteiger charge is -2.28. The number of imidazole rings is 1. The molecule has 1 unspecified atom stereocenters. The molecule has 3 heterocycles. The van der Waals surface area contributed by atoms with E-state index in [1.807, 2.05) is 10.8 Å². The molecule has 0 spiro atoms. The van der Waals surface area contributed by atoms with Crippen molar-refractivity contribution in [1.29, 1.82) is 0 Å². The van der Waals surface area contributed by atoms with Crippen molar-refractivity contribution in [3.05, 3.63) is 40.6 Å². The lowest BCUT2D eigenvalue weighted by molar-refractivity contribution is -0.139. The minimum absolute atomic E-state index is 0.384. The number of fused-ring (bicyclic) bond motifs is 1. The lowest BCUT2D eigenvalue weighted by atomic mass is 10.2. The third-order valence-electron chi connectivity index (χ3n) is 3.37. The molecule has 0 saturated heterocycles. The molecule has 8 heteroatoms. The molecule has 1 aliphatic heterocycles. The predicted molar refractivity (Wildman–Crippen MR) is 75.9 cm³/mol. The van der Waals surface area contributed by atoms with E-state index in [9.17, 15) is 14.7 Å². The highest BCUT2D eigenvalue weighted by molar-refractivity contribution is 7.10. The Morgan fingerprint density at radius 2 is 2.29 bits per heavy atom. The number of carboxylic acid groups (broad SMARTS) is 1. The van der Waals surface area contributed by atoms with E-state index in [4.69, 9.17) is 0 Å². The Bertz CT molecular complexity index is 652. The van der Waals surface area contributed by atoms with Gasteiger partial charge in [0.1, 0.15) is 5.82 Å². The summed E-state index contributed by atoms with van der Waals surface area (Å²) < 4.78 is 1.98. The molecule has 0 radical (unpaired) electrons. The number of carboxylic acids is 1. The Hall–Kier alpha value is -2.35. The molecule has 3 rings (SSSR count). The molecule has 0 fully saturated rings. The number of aromatic nitrogens is 2. The van der Waals surface area contributed by atoms with Crippen LogP contribution in [0.2, 0.25) is 0 Å². The van der Waals surface area contributed by atoms with Gasteiger partial charge in [0, 0.05) is 30.4 Å². The van der Waals surface area contributed by atoms with Gasteiger partial charge in [0.05, 0.1) is 6.54 Å². The monoisotopic (exact) mass is 306 g/mol. The van der Waals surface area contributed by atoms with Crippen LogP contribution in [0.15, 0.2) is 29.9 Å². The van der Waals surface area contributed by atoms with Crippen LogP contribution in [0.1, 0.15) is 16.7 Å². The van der Waals surface area contributed by atoms with E-state index in [1.165, 1.54) is 11.3 Å². The topological polar surface area (TPSA) is 87.5 Å². The second-order valence-electron chi connectivity index (χ2n) is 4.69. The fourth-order valence-electron chi connectivity index (χ4n) is 2.27. The van der Waals surface area contributed by atoms with E-state index >= 15 is 0 Å². The van der Waals surface area contributed by atoms with Gasteiger partial charge < -0.3 is 19.9 Å². The molecule has 110 valence electrons. The predicted octanol–water partition coefficient (Wildman–Crippen LogP) is 1.30. The largest absolute Gasteiger partial charge is 0.479 e. The van der Waals surface area contributed by atoms with Gasteiger partial charge in [-0.25, -0.2) is 14.6 Å². The van der Waals surface area contributed by atoms with Gasteiger partial charge in [-0.1, -0.05) is 6.07 Å². The summed E-state index contributed by atoms with van der Waals surface area (Å²) in [6, 6.07) is 2.07. The number of hydrogen-bond acceptors (Lipinski definition) is 4. The summed E-state index contributed by atoms with van der Waals surface area (Å²) in [4.78, 5) is 30.0. The van der Waals surface area contributed by atoms with Crippen molar-refractivity contribution in [2.75, 3.05) is 6.54 Å². The summed E-state index contributed by atoms with van der Waals surface area (Å²) in [6.07, 6.45) is 3.57. The van der Waals surface area contributed by atoms with Gasteiger partial charge in [-0.3, -0.25) is 0 Å². The maximum Gasteiger partial charge on any atom is 0.331 e. The number of nitrogens with zero attached hydrogens (tertiary/aromatic N) is 3. The van der Waals surface area contributed by atoms with Gasteiger partial charge >= 0.3 is 12.0 Å². The zero-order valence-corrected chi connectivity index (χ0v) is 11.9. The molecule has 2 N–H and O–H groups in total. The van der Waals surface area contributed by atoms with Gasteiger partial charge in [-0.15, -0.1) is 11.3 Å². The first-order valence-corrected chi connectivity index (χ1v) is 7.35. The summed E-state index contributed by atoms with van der Waals surface area (Å²) >= 11 is 1.31. The molecule has 21 heavy (non-hydrogen) atoms. The zero-order chi connectivity index (χ0) is 14.8. The molecular weight excluding hydrogens is 292 g/mol. The molecule has 7 nitrogen and oxygen atoms in total. The van der Waals surface area contributed by atoms with E-state index < -0.39 is 12.0 Å². The molecule has 1 aliphatic rings. The minimum Gasteiger partial charge on any atom is -0.479 e. The average molecular weight is 306 g/mol. The maximum atomic E-state index is 12.3. The van der Waals surface area contributed by atoms with E-state index in [2.05, 4.69) is 10.3 Å². The number of aliphatic carboxylic acids is 1. The Labute approximate surface area is 124 Å². The number of amides is 2. The van der Waals surface area contributed by atoms with Crippen molar-refractivity contribution >= 4 is 23.3 Å². The van der Waals surface area contributed by atoms with Crippen molar-refractivity contribution in [3.8, 4) is 0 Å². The van der Waals surface area contributed by atoms with E-state index in [0.717, 1.165) is 5.82 Å². The molecule has 0 bridgehead atoms. The molecule has 2 aromatic heterocycles. The Kier molecular flexibility index (Phi) is 3.61. The van der Waals surface area contributed by atoms with Crippen LogP contribution < -0.4 is 5.32 Å². The third-order valence-corrected chi connectivity index (χ3v) is 4.31. The number of carbonyl (C=O) groups is 2. The van der Waals surface area contributed by atoms with Crippen molar-refractivity contribution in [1.82, 2.24) is 19.8 Å². The summed E-state index contributed by atoms with van der Waals surface area (Å²) in [5.74, 6) is -0.260. The van der Waals surface area contributed by atoms with Gasteiger partial charge in [0.15, 0.2) is 6.04 Å². The Morgan fingerprint density at radius 3 is 3.00 bits per heavy atom. The highest BCUT2D eigenvalue weighted by Gasteiger charge is 2.27. The molecule has 0 aromatic carbocycles. The van der Waals surface area contributed by atoms with Crippen molar-refractivity contribution in [2.45, 2.75) is 19.1 Å².